The van der Waals surface area contributed by atoms with Gasteiger partial charge in [-0.05, 0) is 36.8 Å². The van der Waals surface area contributed by atoms with Crippen LogP contribution in [-0.2, 0) is 0 Å². The lowest BCUT2D eigenvalue weighted by Crippen LogP contribution is -1.91. The zero-order chi connectivity index (χ0) is 13.2. The minimum absolute atomic E-state index is 0.247. The molecule has 1 aromatic heterocycles. The van der Waals surface area contributed by atoms with Crippen LogP contribution in [0, 0.1) is 0 Å². The van der Waals surface area contributed by atoms with Crippen molar-refractivity contribution in [2.75, 3.05) is 5.73 Å². The fraction of sp³-hybridized carbons (Fsp3) is 0.133. The van der Waals surface area contributed by atoms with Gasteiger partial charge in [-0.1, -0.05) is 36.0 Å². The van der Waals surface area contributed by atoms with Crippen molar-refractivity contribution in [1.82, 2.24) is 4.98 Å². The molecular weight excluding hydrogens is 256 g/mol. The molecular formula is C15H14N2OS. The Bertz CT molecular complexity index is 675. The molecule has 3 rings (SSSR count). The normalized spacial score (nSPS) is 12.7. The molecule has 0 aliphatic rings. The standard InChI is InChI=1S/C15H14N2OS/c1-10(11-5-4-6-12(16)9-11)19-15-17-13-7-2-3-8-14(13)18-15/h2-10H,16H2,1H3. The predicted octanol–water partition coefficient (Wildman–Crippen LogP) is 4.26. The summed E-state index contributed by atoms with van der Waals surface area (Å²) in [4.78, 5) is 4.47. The number of oxazole rings is 1. The predicted molar refractivity (Wildman–Crippen MR) is 79.1 cm³/mol. The molecule has 2 N–H and O–H groups in total. The highest BCUT2D eigenvalue weighted by Crippen LogP contribution is 2.36. The van der Waals surface area contributed by atoms with Gasteiger partial charge in [0.1, 0.15) is 5.52 Å². The van der Waals surface area contributed by atoms with E-state index in [-0.39, 0.29) is 5.25 Å². The van der Waals surface area contributed by atoms with Crippen LogP contribution in [0.2, 0.25) is 0 Å². The molecule has 1 unspecified atom stereocenters. The van der Waals surface area contributed by atoms with E-state index in [2.05, 4.69) is 18.0 Å². The molecule has 3 nitrogen and oxygen atoms in total. The van der Waals surface area contributed by atoms with Crippen molar-refractivity contribution in [2.24, 2.45) is 0 Å². The molecule has 1 atom stereocenters. The first-order chi connectivity index (χ1) is 9.22. The third-order valence-corrected chi connectivity index (χ3v) is 3.93. The highest BCUT2D eigenvalue weighted by Gasteiger charge is 2.12. The second-order valence-electron chi connectivity index (χ2n) is 4.38. The van der Waals surface area contributed by atoms with Crippen molar-refractivity contribution in [2.45, 2.75) is 17.4 Å². The maximum Gasteiger partial charge on any atom is 0.257 e. The molecule has 0 radical (unpaired) electrons. The van der Waals surface area contributed by atoms with Crippen LogP contribution in [0.1, 0.15) is 17.7 Å². The number of benzene rings is 2. The van der Waals surface area contributed by atoms with Crippen LogP contribution in [0.4, 0.5) is 5.69 Å². The summed E-state index contributed by atoms with van der Waals surface area (Å²) < 4.78 is 5.71. The molecule has 19 heavy (non-hydrogen) atoms. The zero-order valence-corrected chi connectivity index (χ0v) is 11.4. The molecule has 0 bridgehead atoms. The third kappa shape index (κ3) is 2.58. The van der Waals surface area contributed by atoms with E-state index in [4.69, 9.17) is 10.2 Å². The Morgan fingerprint density at radius 1 is 1.16 bits per heavy atom. The van der Waals surface area contributed by atoms with Crippen molar-refractivity contribution in [1.29, 1.82) is 0 Å². The lowest BCUT2D eigenvalue weighted by molar-refractivity contribution is 0.488. The van der Waals surface area contributed by atoms with Crippen LogP contribution in [-0.4, -0.2) is 4.98 Å². The van der Waals surface area contributed by atoms with E-state index in [9.17, 15) is 0 Å². The second-order valence-corrected chi connectivity index (χ2v) is 5.67. The van der Waals surface area contributed by atoms with Gasteiger partial charge in [0.05, 0.1) is 0 Å². The van der Waals surface area contributed by atoms with Gasteiger partial charge in [0, 0.05) is 10.9 Å². The van der Waals surface area contributed by atoms with Gasteiger partial charge >= 0.3 is 0 Å². The number of hydrogen-bond acceptors (Lipinski definition) is 4. The summed E-state index contributed by atoms with van der Waals surface area (Å²) >= 11 is 1.60. The first-order valence-corrected chi connectivity index (χ1v) is 6.98. The van der Waals surface area contributed by atoms with E-state index >= 15 is 0 Å². The summed E-state index contributed by atoms with van der Waals surface area (Å²) in [5.74, 6) is 0. The molecule has 4 heteroatoms. The molecule has 0 spiro atoms. The van der Waals surface area contributed by atoms with Gasteiger partial charge in [0.15, 0.2) is 5.58 Å². The van der Waals surface area contributed by atoms with Crippen molar-refractivity contribution in [3.63, 3.8) is 0 Å². The van der Waals surface area contributed by atoms with E-state index < -0.39 is 0 Å². The van der Waals surface area contributed by atoms with Gasteiger partial charge in [-0.25, -0.2) is 4.98 Å². The van der Waals surface area contributed by atoms with E-state index in [0.717, 1.165) is 16.8 Å². The number of anilines is 1. The van der Waals surface area contributed by atoms with Crippen molar-refractivity contribution in [3.05, 3.63) is 54.1 Å². The molecule has 2 aromatic carbocycles. The van der Waals surface area contributed by atoms with Gasteiger partial charge in [-0.2, -0.15) is 0 Å². The largest absolute Gasteiger partial charge is 0.431 e. The number of hydrogen-bond donors (Lipinski definition) is 1. The Kier molecular flexibility index (Phi) is 3.17. The highest BCUT2D eigenvalue weighted by molar-refractivity contribution is 7.99. The molecule has 0 amide bonds. The van der Waals surface area contributed by atoms with Crippen LogP contribution in [0.15, 0.2) is 58.2 Å². The Labute approximate surface area is 115 Å². The number of fused-ring (bicyclic) bond motifs is 1. The summed E-state index contributed by atoms with van der Waals surface area (Å²) in [6, 6.07) is 15.7. The zero-order valence-electron chi connectivity index (χ0n) is 10.5. The summed E-state index contributed by atoms with van der Waals surface area (Å²) in [7, 11) is 0. The highest BCUT2D eigenvalue weighted by atomic mass is 32.2. The first-order valence-electron chi connectivity index (χ1n) is 6.10. The van der Waals surface area contributed by atoms with Gasteiger partial charge in [-0.15, -0.1) is 0 Å². The second kappa shape index (κ2) is 4.97. The quantitative estimate of drug-likeness (QED) is 0.570. The molecule has 0 aliphatic heterocycles. The van der Waals surface area contributed by atoms with Gasteiger partial charge in [0.25, 0.3) is 5.22 Å². The Balaban J connectivity index is 1.84. The molecule has 0 aliphatic carbocycles. The van der Waals surface area contributed by atoms with Crippen molar-refractivity contribution < 1.29 is 4.42 Å². The maximum atomic E-state index is 5.80. The van der Waals surface area contributed by atoms with E-state index in [1.165, 1.54) is 5.56 Å². The Hall–Kier alpha value is -1.94. The van der Waals surface area contributed by atoms with Crippen LogP contribution in [0.5, 0.6) is 0 Å². The Morgan fingerprint density at radius 3 is 2.79 bits per heavy atom. The van der Waals surface area contributed by atoms with E-state index in [1.54, 1.807) is 11.8 Å². The molecule has 0 saturated heterocycles. The van der Waals surface area contributed by atoms with Crippen LogP contribution in [0.3, 0.4) is 0 Å². The van der Waals surface area contributed by atoms with Gasteiger partial charge in [0.2, 0.25) is 0 Å². The van der Waals surface area contributed by atoms with Crippen LogP contribution < -0.4 is 5.73 Å². The third-order valence-electron chi connectivity index (χ3n) is 2.93. The summed E-state index contributed by atoms with van der Waals surface area (Å²) in [5.41, 5.74) is 9.47. The average molecular weight is 270 g/mol. The fourth-order valence-corrected chi connectivity index (χ4v) is 2.81. The van der Waals surface area contributed by atoms with Gasteiger partial charge in [-0.3, -0.25) is 0 Å². The molecule has 96 valence electrons. The SMILES string of the molecule is CC(Sc1nc2ccccc2o1)c1cccc(N)c1. The monoisotopic (exact) mass is 270 g/mol. The van der Waals surface area contributed by atoms with E-state index in [1.807, 2.05) is 42.5 Å². The smallest absolute Gasteiger partial charge is 0.257 e. The summed E-state index contributed by atoms with van der Waals surface area (Å²) in [5, 5.41) is 0.938. The fourth-order valence-electron chi connectivity index (χ4n) is 1.93. The first kappa shape index (κ1) is 12.1. The molecule has 3 aromatic rings. The lowest BCUT2D eigenvalue weighted by atomic mass is 10.1. The lowest BCUT2D eigenvalue weighted by Gasteiger charge is -2.09. The van der Waals surface area contributed by atoms with Crippen molar-refractivity contribution >= 4 is 28.5 Å². The number of nitrogens with two attached hydrogens (primary N) is 1. The van der Waals surface area contributed by atoms with Gasteiger partial charge < -0.3 is 10.2 Å². The van der Waals surface area contributed by atoms with Crippen molar-refractivity contribution in [3.8, 4) is 0 Å². The molecule has 0 saturated carbocycles. The van der Waals surface area contributed by atoms with Crippen LogP contribution >= 0.6 is 11.8 Å². The Morgan fingerprint density at radius 2 is 2.00 bits per heavy atom. The maximum absolute atomic E-state index is 5.80. The minimum Gasteiger partial charge on any atom is -0.431 e. The topological polar surface area (TPSA) is 52.0 Å². The summed E-state index contributed by atoms with van der Waals surface area (Å²) in [6.07, 6.45) is 0. The molecule has 1 heterocycles. The average Bonchev–Trinajstić information content (AvgIpc) is 2.80. The van der Waals surface area contributed by atoms with E-state index in [0.29, 0.717) is 5.22 Å². The summed E-state index contributed by atoms with van der Waals surface area (Å²) in [6.45, 7) is 2.12. The number of aromatic nitrogens is 1. The minimum atomic E-state index is 0.247. The number of thioether (sulfide) groups is 1. The number of nitrogens with zero attached hydrogens (tertiary/aromatic N) is 1. The number of nitrogen functional groups attached to an aromatic ring is 1. The molecule has 0 fully saturated rings. The number of rotatable bonds is 3. The van der Waals surface area contributed by atoms with Crippen LogP contribution in [0.25, 0.3) is 11.1 Å². The number of para-hydroxylation sites is 2.